The minimum Gasteiger partial charge on any atom is -0.379 e. The Morgan fingerprint density at radius 3 is 2.41 bits per heavy atom. The van der Waals surface area contributed by atoms with Gasteiger partial charge in [-0.15, -0.1) is 0 Å². The molecule has 6 heteroatoms. The zero-order valence-electron chi connectivity index (χ0n) is 16.1. The molecule has 1 aliphatic rings. The van der Waals surface area contributed by atoms with E-state index in [2.05, 4.69) is 4.90 Å². The smallest absolute Gasteiger partial charge is 0.267 e. The molecule has 0 atom stereocenters. The highest BCUT2D eigenvalue weighted by atomic mass is 16.5. The minimum atomic E-state index is -0.599. The highest BCUT2D eigenvalue weighted by Crippen LogP contribution is 2.15. The number of hydroxylamine groups is 1. The van der Waals surface area contributed by atoms with Crippen molar-refractivity contribution in [3.63, 3.8) is 0 Å². The second-order valence-electron chi connectivity index (χ2n) is 6.72. The molecule has 0 unspecified atom stereocenters. The molecule has 0 bridgehead atoms. The van der Waals surface area contributed by atoms with E-state index >= 15 is 0 Å². The zero-order chi connectivity index (χ0) is 20.5. The van der Waals surface area contributed by atoms with Gasteiger partial charge in [-0.1, -0.05) is 48.5 Å². The van der Waals surface area contributed by atoms with Gasteiger partial charge in [-0.3, -0.25) is 19.7 Å². The molecular weight excluding hydrogens is 368 g/mol. The Morgan fingerprint density at radius 1 is 1.00 bits per heavy atom. The molecular formula is C23H24N2O4. The first-order valence-electron chi connectivity index (χ1n) is 9.48. The summed E-state index contributed by atoms with van der Waals surface area (Å²) in [5.74, 6) is -0.646. The van der Waals surface area contributed by atoms with Gasteiger partial charge in [0.2, 0.25) is 0 Å². The molecule has 1 fully saturated rings. The van der Waals surface area contributed by atoms with Gasteiger partial charge in [-0.25, -0.2) is 5.48 Å². The maximum atomic E-state index is 12.8. The van der Waals surface area contributed by atoms with Gasteiger partial charge in [0, 0.05) is 31.3 Å². The van der Waals surface area contributed by atoms with Crippen LogP contribution in [0.4, 0.5) is 0 Å². The number of allylic oxidation sites excluding steroid dienone is 1. The van der Waals surface area contributed by atoms with Gasteiger partial charge in [0.05, 0.1) is 13.2 Å². The second kappa shape index (κ2) is 10.5. The Balaban J connectivity index is 1.71. The van der Waals surface area contributed by atoms with Crippen LogP contribution in [0.2, 0.25) is 0 Å². The van der Waals surface area contributed by atoms with Crippen molar-refractivity contribution in [3.8, 4) is 0 Å². The molecule has 0 radical (unpaired) electrons. The zero-order valence-corrected chi connectivity index (χ0v) is 16.1. The number of benzene rings is 2. The standard InChI is InChI=1S/C23H24N2O4/c26-22(10-8-18-4-3-5-19(16-18)9-11-23(27)24-28)21-7-2-1-6-20(21)17-25-12-14-29-15-13-25/h1-11,16,28H,12-15,17H2,(H,24,27)/b10-8+,11-9+. The Bertz CT molecular complexity index is 915. The molecule has 1 saturated heterocycles. The van der Waals surface area contributed by atoms with Crippen LogP contribution in [0.25, 0.3) is 12.2 Å². The summed E-state index contributed by atoms with van der Waals surface area (Å²) in [5, 5.41) is 8.54. The molecule has 2 aromatic carbocycles. The highest BCUT2D eigenvalue weighted by molar-refractivity contribution is 6.07. The van der Waals surface area contributed by atoms with E-state index in [9.17, 15) is 9.59 Å². The van der Waals surface area contributed by atoms with Gasteiger partial charge in [-0.2, -0.15) is 0 Å². The monoisotopic (exact) mass is 392 g/mol. The Labute approximate surface area is 170 Å². The van der Waals surface area contributed by atoms with Gasteiger partial charge < -0.3 is 4.74 Å². The van der Waals surface area contributed by atoms with E-state index in [-0.39, 0.29) is 5.78 Å². The van der Waals surface area contributed by atoms with E-state index in [1.807, 2.05) is 48.5 Å². The first-order valence-corrected chi connectivity index (χ1v) is 9.48. The maximum absolute atomic E-state index is 12.8. The lowest BCUT2D eigenvalue weighted by Crippen LogP contribution is -2.36. The number of nitrogens with one attached hydrogen (secondary N) is 1. The van der Waals surface area contributed by atoms with Crippen molar-refractivity contribution in [2.24, 2.45) is 0 Å². The van der Waals surface area contributed by atoms with Crippen molar-refractivity contribution in [3.05, 3.63) is 82.9 Å². The molecule has 1 aliphatic heterocycles. The molecule has 150 valence electrons. The number of hydrogen-bond acceptors (Lipinski definition) is 5. The Hall–Kier alpha value is -3.06. The number of amides is 1. The predicted octanol–water partition coefficient (Wildman–Crippen LogP) is 2.93. The van der Waals surface area contributed by atoms with Crippen LogP contribution in [0.15, 0.2) is 60.7 Å². The molecule has 0 aromatic heterocycles. The van der Waals surface area contributed by atoms with E-state index < -0.39 is 5.91 Å². The highest BCUT2D eigenvalue weighted by Gasteiger charge is 2.14. The van der Waals surface area contributed by atoms with Crippen LogP contribution >= 0.6 is 0 Å². The van der Waals surface area contributed by atoms with Crippen molar-refractivity contribution in [2.75, 3.05) is 26.3 Å². The Kier molecular flexibility index (Phi) is 7.47. The van der Waals surface area contributed by atoms with Crippen molar-refractivity contribution in [1.29, 1.82) is 0 Å². The van der Waals surface area contributed by atoms with E-state index in [0.29, 0.717) is 5.56 Å². The predicted molar refractivity (Wildman–Crippen MR) is 111 cm³/mol. The normalized spacial score (nSPS) is 15.1. The number of nitrogens with zero attached hydrogens (tertiary/aromatic N) is 1. The lowest BCUT2D eigenvalue weighted by atomic mass is 10.0. The van der Waals surface area contributed by atoms with Crippen LogP contribution in [0.5, 0.6) is 0 Å². The number of rotatable bonds is 7. The van der Waals surface area contributed by atoms with Crippen LogP contribution < -0.4 is 5.48 Å². The average molecular weight is 392 g/mol. The fourth-order valence-electron chi connectivity index (χ4n) is 3.14. The van der Waals surface area contributed by atoms with Gasteiger partial charge in [0.1, 0.15) is 0 Å². The molecule has 0 aliphatic carbocycles. The minimum absolute atomic E-state index is 0.0468. The average Bonchev–Trinajstić information content (AvgIpc) is 2.77. The number of ketones is 1. The summed E-state index contributed by atoms with van der Waals surface area (Å²) in [4.78, 5) is 26.2. The lowest BCUT2D eigenvalue weighted by molar-refractivity contribution is -0.124. The van der Waals surface area contributed by atoms with Crippen molar-refractivity contribution >= 4 is 23.8 Å². The van der Waals surface area contributed by atoms with E-state index in [4.69, 9.17) is 9.94 Å². The largest absolute Gasteiger partial charge is 0.379 e. The van der Waals surface area contributed by atoms with Crippen LogP contribution in [0.1, 0.15) is 27.0 Å². The van der Waals surface area contributed by atoms with E-state index in [0.717, 1.165) is 49.5 Å². The van der Waals surface area contributed by atoms with Crippen molar-refractivity contribution in [2.45, 2.75) is 6.54 Å². The van der Waals surface area contributed by atoms with Crippen LogP contribution in [0.3, 0.4) is 0 Å². The summed E-state index contributed by atoms with van der Waals surface area (Å²) in [6.07, 6.45) is 6.15. The maximum Gasteiger partial charge on any atom is 0.267 e. The number of morpholine rings is 1. The molecule has 2 N–H and O–H groups in total. The SMILES string of the molecule is O=C(/C=C/c1cccc(/C=C/C(=O)c2ccccc2CN2CCOCC2)c1)NO. The Morgan fingerprint density at radius 2 is 1.69 bits per heavy atom. The molecule has 2 aromatic rings. The third-order valence-corrected chi connectivity index (χ3v) is 4.66. The van der Waals surface area contributed by atoms with Gasteiger partial charge >= 0.3 is 0 Å². The summed E-state index contributed by atoms with van der Waals surface area (Å²) in [6, 6.07) is 15.1. The van der Waals surface area contributed by atoms with Gasteiger partial charge in [0.25, 0.3) is 5.91 Å². The number of carbonyl (C=O) groups is 2. The summed E-state index contributed by atoms with van der Waals surface area (Å²) in [6.45, 7) is 3.91. The molecule has 0 spiro atoms. The number of hydrogen-bond donors (Lipinski definition) is 2. The molecule has 1 amide bonds. The summed E-state index contributed by atoms with van der Waals surface area (Å²) < 4.78 is 5.39. The fourth-order valence-corrected chi connectivity index (χ4v) is 3.14. The molecule has 0 saturated carbocycles. The summed E-state index contributed by atoms with van der Waals surface area (Å²) in [5.41, 5.74) is 4.89. The summed E-state index contributed by atoms with van der Waals surface area (Å²) >= 11 is 0. The van der Waals surface area contributed by atoms with Crippen molar-refractivity contribution < 1.29 is 19.5 Å². The third kappa shape index (κ3) is 6.22. The van der Waals surface area contributed by atoms with Crippen LogP contribution in [-0.2, 0) is 16.1 Å². The van der Waals surface area contributed by atoms with E-state index in [1.165, 1.54) is 6.08 Å². The molecule has 6 nitrogen and oxygen atoms in total. The quantitative estimate of drug-likeness (QED) is 0.328. The topological polar surface area (TPSA) is 78.9 Å². The van der Waals surface area contributed by atoms with Crippen molar-refractivity contribution in [1.82, 2.24) is 10.4 Å². The lowest BCUT2D eigenvalue weighted by Gasteiger charge is -2.27. The van der Waals surface area contributed by atoms with E-state index in [1.54, 1.807) is 23.7 Å². The number of ether oxygens (including phenoxy) is 1. The first-order chi connectivity index (χ1) is 14.2. The molecule has 3 rings (SSSR count). The van der Waals surface area contributed by atoms with Gasteiger partial charge in [-0.05, 0) is 34.9 Å². The first kappa shape index (κ1) is 20.7. The van der Waals surface area contributed by atoms with Gasteiger partial charge in [0.15, 0.2) is 5.78 Å². The molecule has 1 heterocycles. The van der Waals surface area contributed by atoms with Crippen LogP contribution in [-0.4, -0.2) is 48.1 Å². The third-order valence-electron chi connectivity index (χ3n) is 4.66. The second-order valence-corrected chi connectivity index (χ2v) is 6.72. The van der Waals surface area contributed by atoms with Crippen LogP contribution in [0, 0.1) is 0 Å². The number of carbonyl (C=O) groups excluding carboxylic acids is 2. The fraction of sp³-hybridized carbons (Fsp3) is 0.217. The summed E-state index contributed by atoms with van der Waals surface area (Å²) in [7, 11) is 0. The molecule has 29 heavy (non-hydrogen) atoms.